The van der Waals surface area contributed by atoms with Gasteiger partial charge in [-0.2, -0.15) is 0 Å². The number of rotatable bonds is 5. The third-order valence-electron chi connectivity index (χ3n) is 4.31. The summed E-state index contributed by atoms with van der Waals surface area (Å²) in [6, 6.07) is 12.9. The highest BCUT2D eigenvalue weighted by Gasteiger charge is 2.19. The lowest BCUT2D eigenvalue weighted by atomic mass is 10.2. The molecule has 3 rings (SSSR count). The van der Waals surface area contributed by atoms with E-state index in [0.717, 1.165) is 26.7 Å². The molecule has 1 heterocycles. The summed E-state index contributed by atoms with van der Waals surface area (Å²) in [5.74, 6) is -1.28. The number of nitrogens with zero attached hydrogens (tertiary/aromatic N) is 3. The molecule has 0 radical (unpaired) electrons. The van der Waals surface area contributed by atoms with Crippen LogP contribution in [0.25, 0.3) is 0 Å². The highest BCUT2D eigenvalue weighted by molar-refractivity contribution is 7.89. The van der Waals surface area contributed by atoms with Gasteiger partial charge in [0.25, 0.3) is 0 Å². The second-order valence-electron chi connectivity index (χ2n) is 6.12. The number of aryl methyl sites for hydroxylation is 1. The standard InChI is InChI=1S/C20H19F2N3O2S/c1-3-14-8-10-16(11-9-14)28(27)25-13-18(22)19(24(2)20(25)26)23-12-15-6-4-5-7-17(15)21/h4-11,13H,3,12H2,1-2H3/b23-19+. The molecule has 5 nitrogen and oxygen atoms in total. The van der Waals surface area contributed by atoms with Crippen LogP contribution in [0.15, 0.2) is 69.4 Å². The van der Waals surface area contributed by atoms with Crippen LogP contribution in [0.3, 0.4) is 0 Å². The molecule has 0 saturated carbocycles. The van der Waals surface area contributed by atoms with Crippen molar-refractivity contribution in [1.82, 2.24) is 8.54 Å². The lowest BCUT2D eigenvalue weighted by molar-refractivity contribution is 0.533. The summed E-state index contributed by atoms with van der Waals surface area (Å²) in [6.07, 6.45) is 1.70. The number of benzene rings is 2. The van der Waals surface area contributed by atoms with Gasteiger partial charge in [0, 0.05) is 12.6 Å². The van der Waals surface area contributed by atoms with Gasteiger partial charge in [-0.1, -0.05) is 37.3 Å². The van der Waals surface area contributed by atoms with Crippen LogP contribution >= 0.6 is 0 Å². The van der Waals surface area contributed by atoms with Crippen LogP contribution in [0.1, 0.15) is 18.1 Å². The zero-order valence-corrected chi connectivity index (χ0v) is 16.2. The van der Waals surface area contributed by atoms with E-state index in [1.165, 1.54) is 19.2 Å². The fourth-order valence-electron chi connectivity index (χ4n) is 2.66. The Kier molecular flexibility index (Phi) is 6.11. The maximum absolute atomic E-state index is 14.6. The number of halogens is 2. The van der Waals surface area contributed by atoms with E-state index in [-0.39, 0.29) is 17.6 Å². The summed E-state index contributed by atoms with van der Waals surface area (Å²) in [6.45, 7) is 1.87. The Hall–Kier alpha value is -2.71. The summed E-state index contributed by atoms with van der Waals surface area (Å²) < 4.78 is 42.8. The molecule has 0 aliphatic heterocycles. The van der Waals surface area contributed by atoms with E-state index in [1.54, 1.807) is 24.3 Å². The summed E-state index contributed by atoms with van der Waals surface area (Å²) >= 11 is -1.90. The van der Waals surface area contributed by atoms with Crippen LogP contribution in [0.4, 0.5) is 8.78 Å². The van der Waals surface area contributed by atoms with Gasteiger partial charge in [-0.15, -0.1) is 3.97 Å². The number of hydrogen-bond donors (Lipinski definition) is 0. The minimum absolute atomic E-state index is 0.123. The fraction of sp³-hybridized carbons (Fsp3) is 0.200. The Balaban J connectivity index is 1.99. The molecular formula is C20H19F2N3O2S. The Morgan fingerprint density at radius 2 is 1.75 bits per heavy atom. The Labute approximate surface area is 163 Å². The van der Waals surface area contributed by atoms with Gasteiger partial charge < -0.3 is 4.55 Å². The normalized spacial score (nSPS) is 13.0. The Bertz CT molecular complexity index is 1110. The maximum Gasteiger partial charge on any atom is 0.371 e. The summed E-state index contributed by atoms with van der Waals surface area (Å²) in [5.41, 5.74) is 0.423. The molecule has 3 aromatic rings. The van der Waals surface area contributed by atoms with E-state index >= 15 is 0 Å². The van der Waals surface area contributed by atoms with Crippen molar-refractivity contribution in [3.63, 3.8) is 0 Å². The molecule has 0 spiro atoms. The van der Waals surface area contributed by atoms with Crippen molar-refractivity contribution < 1.29 is 13.3 Å². The molecule has 1 unspecified atom stereocenters. The molecule has 146 valence electrons. The van der Waals surface area contributed by atoms with Crippen LogP contribution in [-0.2, 0) is 31.4 Å². The average Bonchev–Trinajstić information content (AvgIpc) is 2.71. The zero-order valence-electron chi connectivity index (χ0n) is 15.4. The largest absolute Gasteiger partial charge is 0.587 e. The van der Waals surface area contributed by atoms with Crippen molar-refractivity contribution >= 4 is 11.4 Å². The molecule has 0 aliphatic carbocycles. The second kappa shape index (κ2) is 8.53. The molecule has 1 aromatic heterocycles. The van der Waals surface area contributed by atoms with Gasteiger partial charge in [-0.3, -0.25) is 9.56 Å². The van der Waals surface area contributed by atoms with E-state index in [2.05, 4.69) is 4.99 Å². The molecule has 0 aliphatic rings. The first kappa shape index (κ1) is 20.0. The molecule has 0 amide bonds. The van der Waals surface area contributed by atoms with Crippen LogP contribution < -0.4 is 11.2 Å². The van der Waals surface area contributed by atoms with Crippen molar-refractivity contribution in [2.24, 2.45) is 12.0 Å². The molecule has 1 atom stereocenters. The molecule has 2 aromatic carbocycles. The summed E-state index contributed by atoms with van der Waals surface area (Å²) in [4.78, 5) is 17.0. The van der Waals surface area contributed by atoms with Crippen LogP contribution in [-0.4, -0.2) is 13.1 Å². The van der Waals surface area contributed by atoms with Crippen LogP contribution in [0.2, 0.25) is 0 Å². The third kappa shape index (κ3) is 4.07. The smallest absolute Gasteiger partial charge is 0.371 e. The monoisotopic (exact) mass is 403 g/mol. The van der Waals surface area contributed by atoms with Gasteiger partial charge in [0.2, 0.25) is 0 Å². The van der Waals surface area contributed by atoms with Gasteiger partial charge in [-0.25, -0.2) is 13.6 Å². The van der Waals surface area contributed by atoms with Crippen molar-refractivity contribution in [3.05, 3.63) is 93.5 Å². The van der Waals surface area contributed by atoms with Gasteiger partial charge in [0.15, 0.2) is 16.2 Å². The van der Waals surface area contributed by atoms with Gasteiger partial charge in [0.1, 0.15) is 23.4 Å². The van der Waals surface area contributed by atoms with E-state index < -0.39 is 28.7 Å². The molecular weight excluding hydrogens is 384 g/mol. The average molecular weight is 403 g/mol. The predicted octanol–water partition coefficient (Wildman–Crippen LogP) is 2.70. The Morgan fingerprint density at radius 1 is 1.07 bits per heavy atom. The molecule has 0 bridgehead atoms. The SMILES string of the molecule is CCc1ccc([S+]([O-])n2cc(F)/c(=N\Cc3ccccc3F)n(C)c2=O)cc1. The van der Waals surface area contributed by atoms with Crippen molar-refractivity contribution in [2.75, 3.05) is 0 Å². The summed E-state index contributed by atoms with van der Waals surface area (Å²) in [7, 11) is 1.33. The van der Waals surface area contributed by atoms with Crippen LogP contribution in [0.5, 0.6) is 0 Å². The molecule has 0 fully saturated rings. The predicted molar refractivity (Wildman–Crippen MR) is 103 cm³/mol. The minimum atomic E-state index is -1.90. The fourth-order valence-corrected chi connectivity index (χ4v) is 3.71. The second-order valence-corrected chi connectivity index (χ2v) is 7.49. The van der Waals surface area contributed by atoms with E-state index in [4.69, 9.17) is 0 Å². The van der Waals surface area contributed by atoms with Crippen LogP contribution in [0, 0.1) is 11.6 Å². The van der Waals surface area contributed by atoms with Crippen molar-refractivity contribution in [1.29, 1.82) is 0 Å². The van der Waals surface area contributed by atoms with E-state index in [0.29, 0.717) is 4.90 Å². The van der Waals surface area contributed by atoms with E-state index in [1.807, 2.05) is 19.1 Å². The van der Waals surface area contributed by atoms with Gasteiger partial charge in [-0.05, 0) is 30.2 Å². The van der Waals surface area contributed by atoms with Crippen molar-refractivity contribution in [3.8, 4) is 0 Å². The Morgan fingerprint density at radius 3 is 2.39 bits per heavy atom. The van der Waals surface area contributed by atoms with Crippen molar-refractivity contribution in [2.45, 2.75) is 24.8 Å². The first-order chi connectivity index (χ1) is 13.4. The van der Waals surface area contributed by atoms with E-state index in [9.17, 15) is 18.1 Å². The quantitative estimate of drug-likeness (QED) is 0.615. The lowest BCUT2D eigenvalue weighted by Crippen LogP contribution is -2.42. The topological polar surface area (TPSA) is 62.3 Å². The molecule has 0 saturated heterocycles. The molecule has 0 N–H and O–H groups in total. The molecule has 8 heteroatoms. The lowest BCUT2D eigenvalue weighted by Gasteiger charge is -2.13. The first-order valence-electron chi connectivity index (χ1n) is 8.65. The highest BCUT2D eigenvalue weighted by atomic mass is 32.2. The molecule has 28 heavy (non-hydrogen) atoms. The van der Waals surface area contributed by atoms with Gasteiger partial charge >= 0.3 is 5.69 Å². The zero-order chi connectivity index (χ0) is 20.3. The summed E-state index contributed by atoms with van der Waals surface area (Å²) in [5, 5.41) is 0. The third-order valence-corrected chi connectivity index (χ3v) is 5.60. The first-order valence-corrected chi connectivity index (χ1v) is 9.76. The number of aromatic nitrogens is 2. The number of hydrogen-bond acceptors (Lipinski definition) is 3. The highest BCUT2D eigenvalue weighted by Crippen LogP contribution is 2.13. The van der Waals surface area contributed by atoms with Gasteiger partial charge in [0.05, 0.1) is 6.54 Å². The minimum Gasteiger partial charge on any atom is -0.587 e. The maximum atomic E-state index is 14.6.